The third-order valence-electron chi connectivity index (χ3n) is 4.63. The van der Waals surface area contributed by atoms with Crippen LogP contribution in [0.2, 0.25) is 0 Å². The van der Waals surface area contributed by atoms with Crippen LogP contribution >= 0.6 is 0 Å². The molecule has 0 bridgehead atoms. The number of nitrogens with two attached hydrogens (primary N) is 1. The summed E-state index contributed by atoms with van der Waals surface area (Å²) >= 11 is 0. The van der Waals surface area contributed by atoms with E-state index in [1.54, 1.807) is 19.1 Å². The van der Waals surface area contributed by atoms with Gasteiger partial charge in [-0.1, -0.05) is 12.1 Å². The van der Waals surface area contributed by atoms with Gasteiger partial charge in [0, 0.05) is 6.54 Å². The van der Waals surface area contributed by atoms with E-state index in [2.05, 4.69) is 0 Å². The Morgan fingerprint density at radius 2 is 1.88 bits per heavy atom. The molecule has 0 aliphatic carbocycles. The summed E-state index contributed by atoms with van der Waals surface area (Å²) in [6, 6.07) is 4.24. The van der Waals surface area contributed by atoms with E-state index in [0.29, 0.717) is 11.0 Å². The number of carbonyl (C=O) groups is 1. The fourth-order valence-corrected chi connectivity index (χ4v) is 2.43. The minimum absolute atomic E-state index is 0.110. The molecule has 5 nitrogen and oxygen atoms in total. The second-order valence-electron chi connectivity index (χ2n) is 6.97. The van der Waals surface area contributed by atoms with Gasteiger partial charge in [0.1, 0.15) is 5.82 Å². The molecular formula is C18H25BFNO4. The van der Waals surface area contributed by atoms with Gasteiger partial charge in [-0.05, 0) is 57.8 Å². The van der Waals surface area contributed by atoms with Crippen LogP contribution in [-0.4, -0.2) is 37.4 Å². The van der Waals surface area contributed by atoms with Gasteiger partial charge in [-0.3, -0.25) is 0 Å². The molecule has 2 rings (SSSR count). The van der Waals surface area contributed by atoms with Gasteiger partial charge in [0.05, 0.1) is 23.4 Å². The maximum Gasteiger partial charge on any atom is 0.491 e. The summed E-state index contributed by atoms with van der Waals surface area (Å²) in [6.07, 6.45) is 1.75. The molecule has 0 spiro atoms. The summed E-state index contributed by atoms with van der Waals surface area (Å²) in [5, 5.41) is 0. The quantitative estimate of drug-likeness (QED) is 0.654. The summed E-state index contributed by atoms with van der Waals surface area (Å²) in [6.45, 7) is 9.89. The van der Waals surface area contributed by atoms with Crippen LogP contribution < -0.4 is 5.73 Å². The molecule has 136 valence electrons. The van der Waals surface area contributed by atoms with Crippen LogP contribution in [0.15, 0.2) is 23.7 Å². The van der Waals surface area contributed by atoms with Crippen molar-refractivity contribution in [3.05, 3.63) is 40.6 Å². The Kier molecular flexibility index (Phi) is 5.71. The van der Waals surface area contributed by atoms with E-state index < -0.39 is 30.1 Å². The van der Waals surface area contributed by atoms with Crippen molar-refractivity contribution in [1.82, 2.24) is 0 Å². The van der Waals surface area contributed by atoms with Crippen LogP contribution in [0.4, 0.5) is 4.39 Å². The van der Waals surface area contributed by atoms with E-state index in [1.807, 2.05) is 27.7 Å². The van der Waals surface area contributed by atoms with Gasteiger partial charge in [-0.2, -0.15) is 0 Å². The lowest BCUT2D eigenvalue weighted by Crippen LogP contribution is -2.41. The van der Waals surface area contributed by atoms with E-state index in [-0.39, 0.29) is 18.7 Å². The average molecular weight is 349 g/mol. The average Bonchev–Trinajstić information content (AvgIpc) is 2.74. The van der Waals surface area contributed by atoms with Crippen LogP contribution in [0.25, 0.3) is 6.08 Å². The van der Waals surface area contributed by atoms with E-state index in [1.165, 1.54) is 12.1 Å². The SMILES string of the molecule is CCOC(=O)c1cc(C=C(CN)B2OC(C)(C)C(C)(C)O2)ccc1F. The van der Waals surface area contributed by atoms with Crippen molar-refractivity contribution in [1.29, 1.82) is 0 Å². The number of benzene rings is 1. The highest BCUT2D eigenvalue weighted by Crippen LogP contribution is 2.38. The zero-order valence-corrected chi connectivity index (χ0v) is 15.4. The Morgan fingerprint density at radius 3 is 2.40 bits per heavy atom. The minimum atomic E-state index is -0.694. The van der Waals surface area contributed by atoms with Gasteiger partial charge >= 0.3 is 13.1 Å². The largest absolute Gasteiger partial charge is 0.491 e. The molecule has 2 N–H and O–H groups in total. The predicted octanol–water partition coefficient (Wildman–Crippen LogP) is 2.98. The number of rotatable bonds is 5. The van der Waals surface area contributed by atoms with Crippen molar-refractivity contribution in [3.63, 3.8) is 0 Å². The fraction of sp³-hybridized carbons (Fsp3) is 0.500. The number of ether oxygens (including phenoxy) is 1. The number of halogens is 1. The van der Waals surface area contributed by atoms with Crippen molar-refractivity contribution in [2.24, 2.45) is 5.73 Å². The third-order valence-corrected chi connectivity index (χ3v) is 4.63. The Balaban J connectivity index is 2.32. The number of hydrogen-bond donors (Lipinski definition) is 1. The summed E-state index contributed by atoms with van der Waals surface area (Å²) in [5.74, 6) is -1.32. The van der Waals surface area contributed by atoms with E-state index >= 15 is 0 Å². The minimum Gasteiger partial charge on any atom is -0.462 e. The first-order valence-electron chi connectivity index (χ1n) is 8.34. The molecule has 1 aliphatic rings. The van der Waals surface area contributed by atoms with Gasteiger partial charge in [-0.25, -0.2) is 9.18 Å². The molecule has 0 saturated carbocycles. The first-order valence-corrected chi connectivity index (χ1v) is 8.34. The van der Waals surface area contributed by atoms with Gasteiger partial charge in [-0.15, -0.1) is 0 Å². The second kappa shape index (κ2) is 7.27. The molecule has 7 heteroatoms. The molecule has 25 heavy (non-hydrogen) atoms. The molecule has 0 atom stereocenters. The molecular weight excluding hydrogens is 324 g/mol. The molecule has 0 amide bonds. The van der Waals surface area contributed by atoms with E-state index in [0.717, 1.165) is 0 Å². The fourth-order valence-electron chi connectivity index (χ4n) is 2.43. The zero-order valence-electron chi connectivity index (χ0n) is 15.4. The first kappa shape index (κ1) is 19.6. The second-order valence-corrected chi connectivity index (χ2v) is 6.97. The molecule has 0 radical (unpaired) electrons. The summed E-state index contributed by atoms with van der Waals surface area (Å²) in [4.78, 5) is 11.8. The summed E-state index contributed by atoms with van der Waals surface area (Å²) < 4.78 is 30.7. The van der Waals surface area contributed by atoms with Crippen LogP contribution in [0.5, 0.6) is 0 Å². The molecule has 1 aliphatic heterocycles. The monoisotopic (exact) mass is 349 g/mol. The normalized spacial score (nSPS) is 19.2. The zero-order chi connectivity index (χ0) is 18.8. The third kappa shape index (κ3) is 4.11. The molecule has 1 fully saturated rings. The molecule has 1 saturated heterocycles. The van der Waals surface area contributed by atoms with Crippen LogP contribution in [0.3, 0.4) is 0 Å². The molecule has 0 unspecified atom stereocenters. The molecule has 1 heterocycles. The first-order chi connectivity index (χ1) is 11.6. The standard InChI is InChI=1S/C18H25BFNO4/c1-6-23-16(22)14-10-12(7-8-15(14)20)9-13(11-21)19-24-17(2,3)18(4,5)25-19/h7-10H,6,11,21H2,1-5H3. The van der Waals surface area contributed by atoms with Gasteiger partial charge in [0.2, 0.25) is 0 Å². The van der Waals surface area contributed by atoms with Gasteiger partial charge in [0.15, 0.2) is 0 Å². The lowest BCUT2D eigenvalue weighted by atomic mass is 9.77. The Labute approximate surface area is 148 Å². The van der Waals surface area contributed by atoms with Crippen LogP contribution in [-0.2, 0) is 14.0 Å². The van der Waals surface area contributed by atoms with Crippen molar-refractivity contribution in [3.8, 4) is 0 Å². The Hall–Kier alpha value is -1.70. The maximum atomic E-state index is 13.9. The Morgan fingerprint density at radius 1 is 1.28 bits per heavy atom. The summed E-state index contributed by atoms with van der Waals surface area (Å²) in [7, 11) is -0.592. The molecule has 1 aromatic rings. The topological polar surface area (TPSA) is 70.8 Å². The summed E-state index contributed by atoms with van der Waals surface area (Å²) in [5.41, 5.74) is 6.12. The molecule has 0 aromatic heterocycles. The molecule has 1 aromatic carbocycles. The van der Waals surface area contributed by atoms with Crippen molar-refractivity contribution >= 4 is 19.2 Å². The number of esters is 1. The van der Waals surface area contributed by atoms with Crippen molar-refractivity contribution in [2.45, 2.75) is 45.8 Å². The highest BCUT2D eigenvalue weighted by molar-refractivity contribution is 6.55. The lowest BCUT2D eigenvalue weighted by Gasteiger charge is -2.32. The predicted molar refractivity (Wildman–Crippen MR) is 95.5 cm³/mol. The smallest absolute Gasteiger partial charge is 0.462 e. The van der Waals surface area contributed by atoms with Gasteiger partial charge < -0.3 is 19.8 Å². The Bertz CT molecular complexity index is 672. The highest BCUT2D eigenvalue weighted by atomic mass is 19.1. The highest BCUT2D eigenvalue weighted by Gasteiger charge is 2.52. The van der Waals surface area contributed by atoms with Crippen molar-refractivity contribution < 1.29 is 23.2 Å². The van der Waals surface area contributed by atoms with Crippen LogP contribution in [0, 0.1) is 5.82 Å². The lowest BCUT2D eigenvalue weighted by molar-refractivity contribution is 0.00578. The van der Waals surface area contributed by atoms with Gasteiger partial charge in [0.25, 0.3) is 0 Å². The van der Waals surface area contributed by atoms with E-state index in [4.69, 9.17) is 19.8 Å². The number of carbonyl (C=O) groups excluding carboxylic acids is 1. The van der Waals surface area contributed by atoms with E-state index in [9.17, 15) is 9.18 Å². The number of hydrogen-bond acceptors (Lipinski definition) is 5. The van der Waals surface area contributed by atoms with Crippen molar-refractivity contribution in [2.75, 3.05) is 13.2 Å². The maximum absolute atomic E-state index is 13.9. The van der Waals surface area contributed by atoms with Crippen LogP contribution in [0.1, 0.15) is 50.5 Å².